The van der Waals surface area contributed by atoms with Gasteiger partial charge in [0.25, 0.3) is 0 Å². The lowest BCUT2D eigenvalue weighted by Crippen LogP contribution is -2.56. The molecule has 2 aliphatic heterocycles. The number of nitrogens with two attached hydrogens (primary N) is 2. The number of carbonyl (C=O) groups excluding carboxylic acids is 3. The van der Waals surface area contributed by atoms with E-state index in [4.69, 9.17) is 11.5 Å². The largest absolute Gasteiger partial charge is 0.480 e. The second-order valence-electron chi connectivity index (χ2n) is 9.36. The summed E-state index contributed by atoms with van der Waals surface area (Å²) in [4.78, 5) is 54.2. The summed E-state index contributed by atoms with van der Waals surface area (Å²) in [5, 5.41) is 12.1. The molecule has 6 N–H and O–H groups in total. The van der Waals surface area contributed by atoms with Gasteiger partial charge in [0, 0.05) is 13.1 Å². The molecule has 10 heteroatoms. The fraction of sp³-hybridized carbons (Fsp3) is 0.600. The number of amides is 3. The van der Waals surface area contributed by atoms with Gasteiger partial charge in [-0.15, -0.1) is 0 Å². The van der Waals surface area contributed by atoms with Gasteiger partial charge in [-0.3, -0.25) is 14.4 Å². The zero-order valence-corrected chi connectivity index (χ0v) is 20.1. The second-order valence-corrected chi connectivity index (χ2v) is 9.36. The Balaban J connectivity index is 1.63. The van der Waals surface area contributed by atoms with Crippen LogP contribution in [-0.2, 0) is 25.6 Å². The first-order valence-corrected chi connectivity index (χ1v) is 12.5. The maximum Gasteiger partial charge on any atom is 0.326 e. The molecule has 35 heavy (non-hydrogen) atoms. The molecule has 0 spiro atoms. The highest BCUT2D eigenvalue weighted by atomic mass is 16.4. The average Bonchev–Trinajstić information content (AvgIpc) is 3.53. The number of nitrogens with one attached hydrogen (secondary N) is 1. The highest BCUT2D eigenvalue weighted by Gasteiger charge is 2.43. The summed E-state index contributed by atoms with van der Waals surface area (Å²) >= 11 is 0. The molecular weight excluding hydrogens is 450 g/mol. The van der Waals surface area contributed by atoms with E-state index < -0.39 is 36.0 Å². The van der Waals surface area contributed by atoms with Crippen molar-refractivity contribution >= 4 is 23.7 Å². The predicted octanol–water partition coefficient (Wildman–Crippen LogP) is 0.237. The second kappa shape index (κ2) is 12.6. The number of nitrogens with zero attached hydrogens (tertiary/aromatic N) is 2. The molecule has 0 saturated carbocycles. The van der Waals surface area contributed by atoms with E-state index in [0.29, 0.717) is 64.6 Å². The molecule has 10 nitrogen and oxygen atoms in total. The summed E-state index contributed by atoms with van der Waals surface area (Å²) in [7, 11) is 0. The van der Waals surface area contributed by atoms with Crippen molar-refractivity contribution in [2.45, 2.75) is 75.5 Å². The zero-order valence-electron chi connectivity index (χ0n) is 20.1. The van der Waals surface area contributed by atoms with Crippen molar-refractivity contribution in [3.8, 4) is 0 Å². The molecule has 2 fully saturated rings. The van der Waals surface area contributed by atoms with Crippen LogP contribution in [0.4, 0.5) is 0 Å². The van der Waals surface area contributed by atoms with Gasteiger partial charge in [0.2, 0.25) is 17.7 Å². The van der Waals surface area contributed by atoms with Crippen molar-refractivity contribution in [1.82, 2.24) is 15.1 Å². The third kappa shape index (κ3) is 6.79. The summed E-state index contributed by atoms with van der Waals surface area (Å²) in [5.74, 6) is -2.11. The van der Waals surface area contributed by atoms with Crippen molar-refractivity contribution in [1.29, 1.82) is 0 Å². The number of hydrogen-bond donors (Lipinski definition) is 4. The van der Waals surface area contributed by atoms with Crippen molar-refractivity contribution in [3.63, 3.8) is 0 Å². The molecule has 1 aromatic rings. The number of aliphatic carboxylic acids is 1. The average molecular weight is 488 g/mol. The van der Waals surface area contributed by atoms with Gasteiger partial charge < -0.3 is 31.7 Å². The summed E-state index contributed by atoms with van der Waals surface area (Å²) in [5.41, 5.74) is 12.6. The molecule has 0 aromatic heterocycles. The van der Waals surface area contributed by atoms with E-state index in [1.807, 2.05) is 30.3 Å². The van der Waals surface area contributed by atoms with E-state index in [1.54, 1.807) is 4.90 Å². The minimum Gasteiger partial charge on any atom is -0.480 e. The number of rotatable bonds is 11. The Labute approximate surface area is 206 Å². The van der Waals surface area contributed by atoms with Gasteiger partial charge in [-0.1, -0.05) is 30.3 Å². The summed E-state index contributed by atoms with van der Waals surface area (Å²) in [6.45, 7) is 1.30. The predicted molar refractivity (Wildman–Crippen MR) is 130 cm³/mol. The third-order valence-corrected chi connectivity index (χ3v) is 6.84. The fourth-order valence-corrected chi connectivity index (χ4v) is 4.97. The van der Waals surface area contributed by atoms with Crippen molar-refractivity contribution in [3.05, 3.63) is 35.9 Å². The third-order valence-electron chi connectivity index (χ3n) is 6.84. The van der Waals surface area contributed by atoms with Gasteiger partial charge in [0.15, 0.2) is 0 Å². The number of benzene rings is 1. The molecular formula is C25H37N5O5. The number of carboxylic acids is 1. The Morgan fingerprint density at radius 2 is 1.66 bits per heavy atom. The van der Waals surface area contributed by atoms with Crippen molar-refractivity contribution < 1.29 is 24.3 Å². The van der Waals surface area contributed by atoms with Gasteiger partial charge in [0.1, 0.15) is 18.1 Å². The number of unbranched alkanes of at least 4 members (excludes halogenated alkanes) is 1. The monoisotopic (exact) mass is 487 g/mol. The van der Waals surface area contributed by atoms with Crippen LogP contribution in [0.2, 0.25) is 0 Å². The summed E-state index contributed by atoms with van der Waals surface area (Å²) in [6.07, 6.45) is 4.23. The number of likely N-dealkylation sites (tertiary alicyclic amines) is 2. The van der Waals surface area contributed by atoms with Gasteiger partial charge in [-0.05, 0) is 63.5 Å². The normalized spacial score (nSPS) is 21.5. The Morgan fingerprint density at radius 1 is 1.00 bits per heavy atom. The molecule has 1 aromatic carbocycles. The first-order valence-electron chi connectivity index (χ1n) is 12.5. The van der Waals surface area contributed by atoms with Gasteiger partial charge in [0.05, 0.1) is 6.04 Å². The molecule has 4 atom stereocenters. The molecule has 3 rings (SSSR count). The first-order chi connectivity index (χ1) is 16.8. The summed E-state index contributed by atoms with van der Waals surface area (Å²) < 4.78 is 0. The molecule has 0 bridgehead atoms. The molecule has 192 valence electrons. The van der Waals surface area contributed by atoms with E-state index in [9.17, 15) is 24.3 Å². The van der Waals surface area contributed by atoms with Crippen LogP contribution in [0, 0.1) is 0 Å². The van der Waals surface area contributed by atoms with Gasteiger partial charge in [-0.25, -0.2) is 4.79 Å². The van der Waals surface area contributed by atoms with Crippen LogP contribution in [0.3, 0.4) is 0 Å². The molecule has 2 aliphatic rings. The Kier molecular flexibility index (Phi) is 9.62. The van der Waals surface area contributed by atoms with Crippen molar-refractivity contribution in [2.75, 3.05) is 19.6 Å². The Morgan fingerprint density at radius 3 is 2.31 bits per heavy atom. The standard InChI is InChI=1S/C25H37N5O5/c26-13-5-4-10-19(25(34)35)28-22(31)20-11-6-14-29(20)24(33)21-12-7-15-30(21)23(32)18(27)16-17-8-2-1-3-9-17/h1-3,8-9,18-21H,4-7,10-16,26-27H2,(H,28,31)(H,34,35). The van der Waals surface area contributed by atoms with Crippen LogP contribution in [0.1, 0.15) is 50.5 Å². The lowest BCUT2D eigenvalue weighted by Gasteiger charge is -2.32. The minimum atomic E-state index is -1.11. The number of hydrogen-bond acceptors (Lipinski definition) is 6. The zero-order chi connectivity index (χ0) is 25.4. The number of carboxylic acid groups (broad SMARTS) is 1. The van der Waals surface area contributed by atoms with Gasteiger partial charge in [-0.2, -0.15) is 0 Å². The lowest BCUT2D eigenvalue weighted by atomic mass is 10.0. The smallest absolute Gasteiger partial charge is 0.326 e. The molecule has 2 heterocycles. The maximum absolute atomic E-state index is 13.5. The number of carbonyl (C=O) groups is 4. The first kappa shape index (κ1) is 26.6. The highest BCUT2D eigenvalue weighted by Crippen LogP contribution is 2.26. The highest BCUT2D eigenvalue weighted by molar-refractivity contribution is 5.94. The Bertz CT molecular complexity index is 895. The molecule has 3 amide bonds. The van der Waals surface area contributed by atoms with Crippen LogP contribution >= 0.6 is 0 Å². The van der Waals surface area contributed by atoms with E-state index in [0.717, 1.165) is 5.56 Å². The van der Waals surface area contributed by atoms with Crippen LogP contribution in [0.5, 0.6) is 0 Å². The van der Waals surface area contributed by atoms with Gasteiger partial charge >= 0.3 is 5.97 Å². The van der Waals surface area contributed by atoms with Crippen molar-refractivity contribution in [2.24, 2.45) is 11.5 Å². The SMILES string of the molecule is NCCCCC(NC(=O)C1CCCN1C(=O)C1CCCN1C(=O)C(N)Cc1ccccc1)C(=O)O. The molecule has 0 radical (unpaired) electrons. The summed E-state index contributed by atoms with van der Waals surface area (Å²) in [6, 6.07) is 6.32. The van der Waals surface area contributed by atoms with E-state index >= 15 is 0 Å². The molecule has 2 saturated heterocycles. The molecule has 4 unspecified atom stereocenters. The minimum absolute atomic E-state index is 0.268. The molecule has 0 aliphatic carbocycles. The maximum atomic E-state index is 13.5. The van der Waals surface area contributed by atoms with Crippen LogP contribution in [0.15, 0.2) is 30.3 Å². The van der Waals surface area contributed by atoms with Crippen LogP contribution in [0.25, 0.3) is 0 Å². The van der Waals surface area contributed by atoms with E-state index in [1.165, 1.54) is 4.90 Å². The topological polar surface area (TPSA) is 159 Å². The van der Waals surface area contributed by atoms with E-state index in [2.05, 4.69) is 5.32 Å². The van der Waals surface area contributed by atoms with E-state index in [-0.39, 0.29) is 18.2 Å². The lowest BCUT2D eigenvalue weighted by molar-refractivity contribution is -0.148. The quantitative estimate of drug-likeness (QED) is 0.325. The Hall–Kier alpha value is -2.98. The van der Waals surface area contributed by atoms with Crippen LogP contribution in [-0.4, -0.2) is 82.4 Å². The fourth-order valence-electron chi connectivity index (χ4n) is 4.97. The van der Waals surface area contributed by atoms with Crippen LogP contribution < -0.4 is 16.8 Å².